The normalized spacial score (nSPS) is 10.4. The van der Waals surface area contributed by atoms with Gasteiger partial charge in [-0.15, -0.1) is 0 Å². The number of ether oxygens (including phenoxy) is 1. The molecule has 0 fully saturated rings. The monoisotopic (exact) mass is 165 g/mol. The summed E-state index contributed by atoms with van der Waals surface area (Å²) in [6, 6.07) is 1.97. The Kier molecular flexibility index (Phi) is 2.69. The molecular formula is C10H15NO. The second-order valence-corrected chi connectivity index (χ2v) is 3.22. The molecule has 1 aromatic heterocycles. The largest absolute Gasteiger partial charge is 0.496 e. The summed E-state index contributed by atoms with van der Waals surface area (Å²) in [5.74, 6) is 1.41. The summed E-state index contributed by atoms with van der Waals surface area (Å²) in [4.78, 5) is 4.23. The molecule has 0 atom stereocenters. The van der Waals surface area contributed by atoms with E-state index < -0.39 is 0 Å². The van der Waals surface area contributed by atoms with E-state index in [1.54, 1.807) is 7.11 Å². The van der Waals surface area contributed by atoms with Crippen LogP contribution in [0.1, 0.15) is 31.0 Å². The summed E-state index contributed by atoms with van der Waals surface area (Å²) in [7, 11) is 1.70. The Balaban J connectivity index is 3.11. The molecule has 0 saturated heterocycles. The smallest absolute Gasteiger partial charge is 0.125 e. The van der Waals surface area contributed by atoms with Crippen molar-refractivity contribution in [1.29, 1.82) is 0 Å². The highest BCUT2D eigenvalue weighted by Crippen LogP contribution is 2.25. The van der Waals surface area contributed by atoms with Gasteiger partial charge in [-0.3, -0.25) is 4.98 Å². The second-order valence-electron chi connectivity index (χ2n) is 3.22. The fourth-order valence-corrected chi connectivity index (χ4v) is 1.16. The van der Waals surface area contributed by atoms with Crippen molar-refractivity contribution in [3.63, 3.8) is 0 Å². The molecule has 1 rings (SSSR count). The van der Waals surface area contributed by atoms with Gasteiger partial charge in [-0.1, -0.05) is 13.8 Å². The van der Waals surface area contributed by atoms with Gasteiger partial charge in [0.2, 0.25) is 0 Å². The molecule has 0 aromatic carbocycles. The van der Waals surface area contributed by atoms with Crippen molar-refractivity contribution < 1.29 is 4.74 Å². The fraction of sp³-hybridized carbons (Fsp3) is 0.500. The van der Waals surface area contributed by atoms with Gasteiger partial charge in [0.25, 0.3) is 0 Å². The van der Waals surface area contributed by atoms with E-state index in [1.165, 1.54) is 5.56 Å². The van der Waals surface area contributed by atoms with Crippen LogP contribution in [-0.2, 0) is 0 Å². The van der Waals surface area contributed by atoms with Crippen molar-refractivity contribution in [2.24, 2.45) is 0 Å². The molecule has 0 aliphatic rings. The van der Waals surface area contributed by atoms with Crippen LogP contribution in [-0.4, -0.2) is 12.1 Å². The predicted molar refractivity (Wildman–Crippen MR) is 49.6 cm³/mol. The van der Waals surface area contributed by atoms with Gasteiger partial charge in [-0.05, 0) is 12.8 Å². The van der Waals surface area contributed by atoms with Crippen LogP contribution in [0.5, 0.6) is 5.75 Å². The van der Waals surface area contributed by atoms with Gasteiger partial charge in [-0.2, -0.15) is 0 Å². The maximum atomic E-state index is 5.25. The van der Waals surface area contributed by atoms with Gasteiger partial charge < -0.3 is 4.74 Å². The quantitative estimate of drug-likeness (QED) is 0.671. The van der Waals surface area contributed by atoms with Crippen molar-refractivity contribution in [2.45, 2.75) is 26.7 Å². The van der Waals surface area contributed by atoms with Crippen LogP contribution in [0.15, 0.2) is 12.3 Å². The van der Waals surface area contributed by atoms with Crippen LogP contribution in [0.4, 0.5) is 0 Å². The molecule has 0 bridgehead atoms. The van der Waals surface area contributed by atoms with E-state index in [1.807, 2.05) is 19.2 Å². The van der Waals surface area contributed by atoms with E-state index >= 15 is 0 Å². The van der Waals surface area contributed by atoms with E-state index in [0.717, 1.165) is 11.4 Å². The summed E-state index contributed by atoms with van der Waals surface area (Å²) in [5.41, 5.74) is 2.17. The van der Waals surface area contributed by atoms with Crippen molar-refractivity contribution in [2.75, 3.05) is 7.11 Å². The highest BCUT2D eigenvalue weighted by Gasteiger charge is 2.06. The van der Waals surface area contributed by atoms with E-state index in [0.29, 0.717) is 5.92 Å². The number of hydrogen-bond acceptors (Lipinski definition) is 2. The highest BCUT2D eigenvalue weighted by atomic mass is 16.5. The minimum atomic E-state index is 0.466. The molecule has 0 unspecified atom stereocenters. The van der Waals surface area contributed by atoms with Gasteiger partial charge in [0, 0.05) is 23.5 Å². The lowest BCUT2D eigenvalue weighted by Crippen LogP contribution is -1.96. The molecular weight excluding hydrogens is 150 g/mol. The minimum Gasteiger partial charge on any atom is -0.496 e. The lowest BCUT2D eigenvalue weighted by atomic mass is 10.0. The highest BCUT2D eigenvalue weighted by molar-refractivity contribution is 5.34. The Bertz CT molecular complexity index is 269. The van der Waals surface area contributed by atoms with Gasteiger partial charge in [0.1, 0.15) is 5.75 Å². The maximum Gasteiger partial charge on any atom is 0.125 e. The van der Waals surface area contributed by atoms with E-state index in [2.05, 4.69) is 18.8 Å². The number of hydrogen-bond donors (Lipinski definition) is 0. The van der Waals surface area contributed by atoms with Gasteiger partial charge in [-0.25, -0.2) is 0 Å². The van der Waals surface area contributed by atoms with Crippen LogP contribution in [0, 0.1) is 6.92 Å². The summed E-state index contributed by atoms with van der Waals surface area (Å²) in [6.45, 7) is 6.23. The third-order valence-corrected chi connectivity index (χ3v) is 1.87. The number of pyridine rings is 1. The average Bonchev–Trinajstić information content (AvgIpc) is 2.03. The van der Waals surface area contributed by atoms with Crippen LogP contribution in [0.25, 0.3) is 0 Å². The van der Waals surface area contributed by atoms with Gasteiger partial charge in [0.15, 0.2) is 0 Å². The molecule has 12 heavy (non-hydrogen) atoms. The Morgan fingerprint density at radius 2 is 2.08 bits per heavy atom. The molecule has 2 nitrogen and oxygen atoms in total. The van der Waals surface area contributed by atoms with Crippen LogP contribution < -0.4 is 4.74 Å². The molecule has 2 heteroatoms. The van der Waals surface area contributed by atoms with Crippen LogP contribution >= 0.6 is 0 Å². The Morgan fingerprint density at radius 3 is 2.58 bits per heavy atom. The van der Waals surface area contributed by atoms with Crippen molar-refractivity contribution in [3.05, 3.63) is 23.5 Å². The van der Waals surface area contributed by atoms with E-state index in [4.69, 9.17) is 4.74 Å². The standard InChI is InChI=1S/C10H15NO/c1-7(2)9-6-11-8(3)5-10(9)12-4/h5-7H,1-4H3. The summed E-state index contributed by atoms with van der Waals surface area (Å²) in [6.07, 6.45) is 1.89. The second kappa shape index (κ2) is 3.57. The van der Waals surface area contributed by atoms with Crippen LogP contribution in [0.2, 0.25) is 0 Å². The van der Waals surface area contributed by atoms with Crippen molar-refractivity contribution in [3.8, 4) is 5.75 Å². The number of rotatable bonds is 2. The first-order valence-electron chi connectivity index (χ1n) is 4.15. The fourth-order valence-electron chi connectivity index (χ4n) is 1.16. The average molecular weight is 165 g/mol. The lowest BCUT2D eigenvalue weighted by Gasteiger charge is -2.10. The van der Waals surface area contributed by atoms with E-state index in [9.17, 15) is 0 Å². The topological polar surface area (TPSA) is 22.1 Å². The molecule has 0 aliphatic heterocycles. The molecule has 66 valence electrons. The van der Waals surface area contributed by atoms with Crippen molar-refractivity contribution in [1.82, 2.24) is 4.98 Å². The predicted octanol–water partition coefficient (Wildman–Crippen LogP) is 2.52. The summed E-state index contributed by atoms with van der Waals surface area (Å²) >= 11 is 0. The lowest BCUT2D eigenvalue weighted by molar-refractivity contribution is 0.406. The number of aromatic nitrogens is 1. The molecule has 0 aliphatic carbocycles. The summed E-state index contributed by atoms with van der Waals surface area (Å²) in [5, 5.41) is 0. The zero-order chi connectivity index (χ0) is 9.14. The van der Waals surface area contributed by atoms with Crippen molar-refractivity contribution >= 4 is 0 Å². The van der Waals surface area contributed by atoms with Gasteiger partial charge in [0.05, 0.1) is 7.11 Å². The molecule has 0 spiro atoms. The van der Waals surface area contributed by atoms with E-state index in [-0.39, 0.29) is 0 Å². The van der Waals surface area contributed by atoms with Crippen LogP contribution in [0.3, 0.4) is 0 Å². The number of methoxy groups -OCH3 is 1. The zero-order valence-electron chi connectivity index (χ0n) is 8.09. The maximum absolute atomic E-state index is 5.25. The molecule has 0 saturated carbocycles. The molecule has 0 amide bonds. The number of nitrogens with zero attached hydrogens (tertiary/aromatic N) is 1. The molecule has 0 N–H and O–H groups in total. The molecule has 1 aromatic rings. The minimum absolute atomic E-state index is 0.466. The zero-order valence-corrected chi connectivity index (χ0v) is 8.09. The SMILES string of the molecule is COc1cc(C)ncc1C(C)C. The Hall–Kier alpha value is -1.05. The third-order valence-electron chi connectivity index (χ3n) is 1.87. The third kappa shape index (κ3) is 1.76. The summed E-state index contributed by atoms with van der Waals surface area (Å²) < 4.78 is 5.25. The number of aryl methyl sites for hydroxylation is 1. The Morgan fingerprint density at radius 1 is 1.42 bits per heavy atom. The first-order valence-corrected chi connectivity index (χ1v) is 4.15. The molecule has 1 heterocycles. The Labute approximate surface area is 73.6 Å². The first kappa shape index (κ1) is 9.04. The first-order chi connectivity index (χ1) is 5.65. The van der Waals surface area contributed by atoms with Gasteiger partial charge >= 0.3 is 0 Å². The molecule has 0 radical (unpaired) electrons.